The molecule has 0 aromatic heterocycles. The number of carbonyl (C=O) groups is 3. The maximum atomic E-state index is 14.0. The molecule has 0 bridgehead atoms. The van der Waals surface area contributed by atoms with Crippen LogP contribution in [0.15, 0.2) is 36.9 Å². The Kier molecular flexibility index (Phi) is 10.8. The summed E-state index contributed by atoms with van der Waals surface area (Å²) in [6, 6.07) is 4.50. The van der Waals surface area contributed by atoms with Crippen molar-refractivity contribution >= 4 is 17.9 Å². The van der Waals surface area contributed by atoms with Crippen molar-refractivity contribution in [3.8, 4) is 5.75 Å². The first-order valence-electron chi connectivity index (χ1n) is 13.0. The van der Waals surface area contributed by atoms with Crippen LogP contribution in [-0.4, -0.2) is 52.1 Å². The number of hydrogen-bond acceptors (Lipinski definition) is 5. The molecule has 3 atom stereocenters. The maximum Gasteiger partial charge on any atom is 0.408 e. The molecule has 3 N–H and O–H groups in total. The van der Waals surface area contributed by atoms with Crippen molar-refractivity contribution in [2.24, 2.45) is 5.92 Å². The lowest BCUT2D eigenvalue weighted by Gasteiger charge is -2.36. The van der Waals surface area contributed by atoms with Gasteiger partial charge in [0.1, 0.15) is 23.4 Å². The van der Waals surface area contributed by atoms with Crippen molar-refractivity contribution < 1.29 is 24.2 Å². The highest BCUT2D eigenvalue weighted by molar-refractivity contribution is 5.92. The average molecular weight is 502 g/mol. The molecule has 1 aromatic carbocycles. The third-order valence-electron chi connectivity index (χ3n) is 6.46. The van der Waals surface area contributed by atoms with Gasteiger partial charge in [0.05, 0.1) is 0 Å². The molecule has 1 aliphatic carbocycles. The topological polar surface area (TPSA) is 108 Å². The number of phenolic OH excluding ortho intramolecular Hbond substituents is 1. The van der Waals surface area contributed by atoms with Crippen molar-refractivity contribution in [2.75, 3.05) is 6.54 Å². The lowest BCUT2D eigenvalue weighted by molar-refractivity contribution is -0.143. The van der Waals surface area contributed by atoms with E-state index >= 15 is 0 Å². The summed E-state index contributed by atoms with van der Waals surface area (Å²) in [4.78, 5) is 41.7. The Morgan fingerprint density at radius 2 is 1.89 bits per heavy atom. The molecule has 0 spiro atoms. The summed E-state index contributed by atoms with van der Waals surface area (Å²) < 4.78 is 5.41. The normalized spacial score (nSPS) is 16.8. The predicted octanol–water partition coefficient (Wildman–Crippen LogP) is 4.84. The number of ether oxygens (including phenoxy) is 1. The van der Waals surface area contributed by atoms with Gasteiger partial charge in [0.15, 0.2) is 0 Å². The van der Waals surface area contributed by atoms with Crippen LogP contribution < -0.4 is 10.6 Å². The zero-order valence-electron chi connectivity index (χ0n) is 22.4. The molecule has 1 saturated carbocycles. The fourth-order valence-corrected chi connectivity index (χ4v) is 4.45. The van der Waals surface area contributed by atoms with Crippen molar-refractivity contribution in [1.82, 2.24) is 15.5 Å². The Morgan fingerprint density at radius 3 is 2.44 bits per heavy atom. The minimum absolute atomic E-state index is 0.000625. The van der Waals surface area contributed by atoms with Crippen LogP contribution in [-0.2, 0) is 14.3 Å². The first-order valence-corrected chi connectivity index (χ1v) is 13.0. The number of aromatic hydroxyl groups is 1. The molecule has 8 heteroatoms. The quantitative estimate of drug-likeness (QED) is 0.398. The van der Waals surface area contributed by atoms with E-state index in [9.17, 15) is 19.5 Å². The summed E-state index contributed by atoms with van der Waals surface area (Å²) in [6.45, 7) is 12.9. The van der Waals surface area contributed by atoms with Crippen LogP contribution in [0.3, 0.4) is 0 Å². The third kappa shape index (κ3) is 8.57. The number of benzene rings is 1. The Labute approximate surface area is 215 Å². The van der Waals surface area contributed by atoms with E-state index in [4.69, 9.17) is 4.74 Å². The smallest absolute Gasteiger partial charge is 0.408 e. The van der Waals surface area contributed by atoms with E-state index in [2.05, 4.69) is 17.2 Å². The SMILES string of the molecule is C=CCN(C(=O)C(NC(=O)OC(C)(C)C)C(C)CC)C(C(=O)NC1CCCCC1)c1cccc(O)c1. The van der Waals surface area contributed by atoms with Crippen LogP contribution in [0.1, 0.15) is 84.7 Å². The molecule has 200 valence electrons. The van der Waals surface area contributed by atoms with Crippen molar-refractivity contribution in [1.29, 1.82) is 0 Å². The number of phenols is 1. The molecular weight excluding hydrogens is 458 g/mol. The maximum absolute atomic E-state index is 14.0. The van der Waals surface area contributed by atoms with Gasteiger partial charge in [-0.15, -0.1) is 6.58 Å². The first-order chi connectivity index (χ1) is 17.0. The van der Waals surface area contributed by atoms with Crippen molar-refractivity contribution in [3.63, 3.8) is 0 Å². The highest BCUT2D eigenvalue weighted by Gasteiger charge is 2.38. The van der Waals surface area contributed by atoms with Gasteiger partial charge in [-0.1, -0.05) is 57.7 Å². The number of nitrogens with one attached hydrogen (secondary N) is 2. The molecule has 3 amide bonds. The number of nitrogens with zero attached hydrogens (tertiary/aromatic N) is 1. The largest absolute Gasteiger partial charge is 0.508 e. The molecule has 1 fully saturated rings. The summed E-state index contributed by atoms with van der Waals surface area (Å²) in [7, 11) is 0. The molecule has 0 aliphatic heterocycles. The Bertz CT molecular complexity index is 905. The summed E-state index contributed by atoms with van der Waals surface area (Å²) in [6.07, 6.45) is 6.52. The van der Waals surface area contributed by atoms with Gasteiger partial charge in [0.2, 0.25) is 11.8 Å². The molecular formula is C28H43N3O5. The standard InChI is InChI=1S/C28H43N3O5/c1-7-17-31(26(34)23(19(3)8-2)30-27(35)36-28(4,5)6)24(20-13-12-16-22(32)18-20)25(33)29-21-14-10-9-11-15-21/h7,12-13,16,18-19,21,23-24,32H,1,8-11,14-15,17H2,2-6H3,(H,29,33)(H,30,35). The van der Waals surface area contributed by atoms with Crippen molar-refractivity contribution in [3.05, 3.63) is 42.5 Å². The molecule has 0 heterocycles. The lowest BCUT2D eigenvalue weighted by Crippen LogP contribution is -2.55. The van der Waals surface area contributed by atoms with Gasteiger partial charge >= 0.3 is 6.09 Å². The van der Waals surface area contributed by atoms with E-state index in [1.807, 2.05) is 13.8 Å². The average Bonchev–Trinajstić information content (AvgIpc) is 2.81. The van der Waals surface area contributed by atoms with Gasteiger partial charge < -0.3 is 25.4 Å². The van der Waals surface area contributed by atoms with Crippen molar-refractivity contribution in [2.45, 2.75) is 96.9 Å². The van der Waals surface area contributed by atoms with Crippen LogP contribution in [0, 0.1) is 5.92 Å². The van der Waals surface area contributed by atoms with Gasteiger partial charge in [-0.25, -0.2) is 4.79 Å². The zero-order valence-corrected chi connectivity index (χ0v) is 22.4. The second-order valence-electron chi connectivity index (χ2n) is 10.6. The highest BCUT2D eigenvalue weighted by Crippen LogP contribution is 2.28. The van der Waals surface area contributed by atoms with E-state index in [0.29, 0.717) is 12.0 Å². The monoisotopic (exact) mass is 501 g/mol. The molecule has 0 radical (unpaired) electrons. The van der Waals surface area contributed by atoms with Crippen LogP contribution in [0.25, 0.3) is 0 Å². The number of amides is 3. The Balaban J connectivity index is 2.44. The molecule has 2 rings (SSSR count). The zero-order chi connectivity index (χ0) is 26.9. The van der Waals surface area contributed by atoms with Gasteiger partial charge in [-0.05, 0) is 57.2 Å². The second-order valence-corrected chi connectivity index (χ2v) is 10.6. The van der Waals surface area contributed by atoms with E-state index in [-0.39, 0.29) is 30.2 Å². The number of rotatable bonds is 10. The second kappa shape index (κ2) is 13.3. The summed E-state index contributed by atoms with van der Waals surface area (Å²) in [5.41, 5.74) is -0.239. The first kappa shape index (κ1) is 29.2. The molecule has 36 heavy (non-hydrogen) atoms. The summed E-state index contributed by atoms with van der Waals surface area (Å²) in [5, 5.41) is 16.0. The van der Waals surface area contributed by atoms with E-state index in [0.717, 1.165) is 32.1 Å². The highest BCUT2D eigenvalue weighted by atomic mass is 16.6. The van der Waals surface area contributed by atoms with E-state index < -0.39 is 29.7 Å². The van der Waals surface area contributed by atoms with Crippen LogP contribution >= 0.6 is 0 Å². The molecule has 1 aliphatic rings. The fourth-order valence-electron chi connectivity index (χ4n) is 4.45. The minimum atomic E-state index is -1.00. The van der Waals surface area contributed by atoms with E-state index in [1.165, 1.54) is 17.0 Å². The number of carbonyl (C=O) groups excluding carboxylic acids is 3. The molecule has 0 saturated heterocycles. The number of alkyl carbamates (subject to hydrolysis) is 1. The molecule has 3 unspecified atom stereocenters. The Morgan fingerprint density at radius 1 is 1.22 bits per heavy atom. The van der Waals surface area contributed by atoms with Gasteiger partial charge in [-0.2, -0.15) is 0 Å². The number of hydrogen-bond donors (Lipinski definition) is 3. The van der Waals surface area contributed by atoms with Crippen LogP contribution in [0.2, 0.25) is 0 Å². The van der Waals surface area contributed by atoms with Crippen LogP contribution in [0.5, 0.6) is 5.75 Å². The summed E-state index contributed by atoms with van der Waals surface area (Å²) in [5.74, 6) is -0.951. The third-order valence-corrected chi connectivity index (χ3v) is 6.46. The van der Waals surface area contributed by atoms with Crippen LogP contribution in [0.4, 0.5) is 4.79 Å². The van der Waals surface area contributed by atoms with Gasteiger partial charge in [-0.3, -0.25) is 9.59 Å². The lowest BCUT2D eigenvalue weighted by atomic mass is 9.93. The van der Waals surface area contributed by atoms with Gasteiger partial charge in [0.25, 0.3) is 0 Å². The minimum Gasteiger partial charge on any atom is -0.508 e. The van der Waals surface area contributed by atoms with E-state index in [1.54, 1.807) is 39.0 Å². The fraction of sp³-hybridized carbons (Fsp3) is 0.607. The Hall–Kier alpha value is -3.03. The summed E-state index contributed by atoms with van der Waals surface area (Å²) >= 11 is 0. The molecule has 8 nitrogen and oxygen atoms in total. The van der Waals surface area contributed by atoms with Gasteiger partial charge in [0, 0.05) is 12.6 Å². The molecule has 1 aromatic rings. The predicted molar refractivity (Wildman–Crippen MR) is 140 cm³/mol.